The Kier molecular flexibility index (Phi) is 5.84. The van der Waals surface area contributed by atoms with Crippen LogP contribution in [0.1, 0.15) is 25.3 Å². The highest BCUT2D eigenvalue weighted by molar-refractivity contribution is 7.98. The summed E-state index contributed by atoms with van der Waals surface area (Å²) in [5, 5.41) is 9.59. The van der Waals surface area contributed by atoms with Crippen LogP contribution in [-0.2, 0) is 5.75 Å². The third-order valence-corrected chi connectivity index (χ3v) is 3.92. The molecule has 2 nitrogen and oxygen atoms in total. The summed E-state index contributed by atoms with van der Waals surface area (Å²) in [6, 6.07) is 9.98. The molecule has 0 saturated heterocycles. The van der Waals surface area contributed by atoms with E-state index in [0.29, 0.717) is 0 Å². The van der Waals surface area contributed by atoms with Gasteiger partial charge in [-0.3, -0.25) is 0 Å². The molecular formula is C13H17ClN2S. The maximum Gasteiger partial charge on any atom is 0.101 e. The number of nitrogens with two attached hydrogens (primary N) is 1. The second-order valence-corrected chi connectivity index (χ2v) is 5.79. The molecule has 4 heteroatoms. The Hall–Kier alpha value is -0.690. The van der Waals surface area contributed by atoms with Gasteiger partial charge in [-0.15, -0.1) is 0 Å². The van der Waals surface area contributed by atoms with Crippen molar-refractivity contribution in [2.24, 2.45) is 5.73 Å². The summed E-state index contributed by atoms with van der Waals surface area (Å²) in [4.78, 5) is 0. The van der Waals surface area contributed by atoms with Crippen molar-refractivity contribution in [2.45, 2.75) is 31.1 Å². The Morgan fingerprint density at radius 1 is 1.47 bits per heavy atom. The average Bonchev–Trinajstić information content (AvgIpc) is 2.31. The summed E-state index contributed by atoms with van der Waals surface area (Å²) >= 11 is 7.88. The highest BCUT2D eigenvalue weighted by Gasteiger charge is 2.15. The summed E-state index contributed by atoms with van der Waals surface area (Å²) in [5.41, 5.74) is 6.21. The van der Waals surface area contributed by atoms with E-state index < -0.39 is 5.54 Å². The highest BCUT2D eigenvalue weighted by atomic mass is 35.5. The second kappa shape index (κ2) is 6.90. The molecule has 1 atom stereocenters. The number of halogens is 1. The van der Waals surface area contributed by atoms with E-state index in [1.54, 1.807) is 6.92 Å². The van der Waals surface area contributed by atoms with E-state index in [0.717, 1.165) is 34.9 Å². The molecule has 2 N–H and O–H groups in total. The molecule has 17 heavy (non-hydrogen) atoms. The van der Waals surface area contributed by atoms with Gasteiger partial charge in [0.15, 0.2) is 0 Å². The van der Waals surface area contributed by atoms with Gasteiger partial charge < -0.3 is 5.73 Å². The summed E-state index contributed by atoms with van der Waals surface area (Å²) < 4.78 is 0. The van der Waals surface area contributed by atoms with Crippen LogP contribution in [0.15, 0.2) is 24.3 Å². The van der Waals surface area contributed by atoms with E-state index in [4.69, 9.17) is 22.6 Å². The number of benzene rings is 1. The fraction of sp³-hybridized carbons (Fsp3) is 0.462. The van der Waals surface area contributed by atoms with Crippen molar-refractivity contribution in [3.63, 3.8) is 0 Å². The van der Waals surface area contributed by atoms with Crippen molar-refractivity contribution < 1.29 is 0 Å². The molecule has 0 saturated carbocycles. The topological polar surface area (TPSA) is 49.8 Å². The van der Waals surface area contributed by atoms with E-state index in [1.807, 2.05) is 36.0 Å². The van der Waals surface area contributed by atoms with Crippen LogP contribution < -0.4 is 5.73 Å². The third-order valence-electron chi connectivity index (χ3n) is 2.46. The minimum absolute atomic E-state index is 0.690. The Balaban J connectivity index is 2.22. The smallest absolute Gasteiger partial charge is 0.101 e. The van der Waals surface area contributed by atoms with Gasteiger partial charge in [0.1, 0.15) is 5.54 Å². The zero-order chi connectivity index (χ0) is 12.7. The molecule has 1 rings (SSSR count). The molecule has 0 aliphatic rings. The van der Waals surface area contributed by atoms with Crippen molar-refractivity contribution in [3.8, 4) is 6.07 Å². The summed E-state index contributed by atoms with van der Waals surface area (Å²) in [5.74, 6) is 1.91. The molecule has 0 aromatic heterocycles. The van der Waals surface area contributed by atoms with E-state index in [-0.39, 0.29) is 0 Å². The van der Waals surface area contributed by atoms with Gasteiger partial charge in [-0.25, -0.2) is 0 Å². The van der Waals surface area contributed by atoms with Crippen LogP contribution in [0, 0.1) is 11.3 Å². The molecule has 0 bridgehead atoms. The van der Waals surface area contributed by atoms with Gasteiger partial charge in [-0.1, -0.05) is 29.8 Å². The molecule has 0 radical (unpaired) electrons. The molecule has 0 heterocycles. The molecular weight excluding hydrogens is 252 g/mol. The van der Waals surface area contributed by atoms with Crippen LogP contribution in [0.4, 0.5) is 0 Å². The van der Waals surface area contributed by atoms with Crippen molar-refractivity contribution in [1.29, 1.82) is 5.26 Å². The lowest BCUT2D eigenvalue weighted by atomic mass is 10.0. The van der Waals surface area contributed by atoms with E-state index in [2.05, 4.69) is 6.07 Å². The number of hydrogen-bond acceptors (Lipinski definition) is 3. The summed E-state index contributed by atoms with van der Waals surface area (Å²) in [7, 11) is 0. The molecule has 0 amide bonds. The van der Waals surface area contributed by atoms with Crippen molar-refractivity contribution in [1.82, 2.24) is 0 Å². The summed E-state index contributed by atoms with van der Waals surface area (Å²) in [6.07, 6.45) is 1.69. The Morgan fingerprint density at radius 2 is 2.18 bits per heavy atom. The number of hydrogen-bond donors (Lipinski definition) is 1. The van der Waals surface area contributed by atoms with Gasteiger partial charge in [0.2, 0.25) is 0 Å². The van der Waals surface area contributed by atoms with E-state index in [9.17, 15) is 0 Å². The number of nitrogens with zero attached hydrogens (tertiary/aromatic N) is 1. The van der Waals surface area contributed by atoms with Gasteiger partial charge in [0.25, 0.3) is 0 Å². The highest BCUT2D eigenvalue weighted by Crippen LogP contribution is 2.22. The van der Waals surface area contributed by atoms with Gasteiger partial charge in [-0.05, 0) is 37.1 Å². The van der Waals surface area contributed by atoms with Gasteiger partial charge in [0, 0.05) is 10.8 Å². The van der Waals surface area contributed by atoms with Crippen LogP contribution >= 0.6 is 23.4 Å². The first-order chi connectivity index (χ1) is 8.05. The van der Waals surface area contributed by atoms with Crippen LogP contribution in [0.2, 0.25) is 5.02 Å². The van der Waals surface area contributed by atoms with Gasteiger partial charge >= 0.3 is 0 Å². The van der Waals surface area contributed by atoms with Gasteiger partial charge in [-0.2, -0.15) is 17.0 Å². The molecule has 1 aromatic rings. The molecule has 0 fully saturated rings. The van der Waals surface area contributed by atoms with Gasteiger partial charge in [0.05, 0.1) is 6.07 Å². The molecule has 1 unspecified atom stereocenters. The standard InChI is InChI=1S/C13H17ClN2S/c1-13(16,10-15)7-4-8-17-9-11-5-2-3-6-12(11)14/h2-3,5-6H,4,7-9,16H2,1H3. The number of thioether (sulfide) groups is 1. The lowest BCUT2D eigenvalue weighted by Gasteiger charge is -2.14. The Labute approximate surface area is 112 Å². The predicted molar refractivity (Wildman–Crippen MR) is 75.1 cm³/mol. The maximum absolute atomic E-state index is 8.77. The molecule has 0 spiro atoms. The van der Waals surface area contributed by atoms with Crippen molar-refractivity contribution in [3.05, 3.63) is 34.9 Å². The monoisotopic (exact) mass is 268 g/mol. The first kappa shape index (κ1) is 14.4. The van der Waals surface area contributed by atoms with Crippen LogP contribution in [-0.4, -0.2) is 11.3 Å². The zero-order valence-corrected chi connectivity index (χ0v) is 11.5. The van der Waals surface area contributed by atoms with Crippen LogP contribution in [0.3, 0.4) is 0 Å². The van der Waals surface area contributed by atoms with Crippen molar-refractivity contribution >= 4 is 23.4 Å². The fourth-order valence-corrected chi connectivity index (χ4v) is 2.64. The molecule has 92 valence electrons. The van der Waals surface area contributed by atoms with Crippen LogP contribution in [0.25, 0.3) is 0 Å². The quantitative estimate of drug-likeness (QED) is 0.802. The normalized spacial score (nSPS) is 14.0. The first-order valence-corrected chi connectivity index (χ1v) is 7.10. The number of nitriles is 1. The lowest BCUT2D eigenvalue weighted by Crippen LogP contribution is -2.33. The third kappa shape index (κ3) is 5.45. The first-order valence-electron chi connectivity index (χ1n) is 5.56. The number of rotatable bonds is 6. The Morgan fingerprint density at radius 3 is 2.82 bits per heavy atom. The lowest BCUT2D eigenvalue weighted by molar-refractivity contribution is 0.540. The SMILES string of the molecule is CC(N)(C#N)CCCSCc1ccccc1Cl. The maximum atomic E-state index is 8.77. The molecule has 0 aliphatic carbocycles. The largest absolute Gasteiger partial charge is 0.314 e. The summed E-state index contributed by atoms with van der Waals surface area (Å²) in [6.45, 7) is 1.77. The minimum atomic E-state index is -0.690. The van der Waals surface area contributed by atoms with E-state index in [1.165, 1.54) is 0 Å². The molecule has 1 aromatic carbocycles. The second-order valence-electron chi connectivity index (χ2n) is 4.28. The zero-order valence-electron chi connectivity index (χ0n) is 9.95. The van der Waals surface area contributed by atoms with Crippen LogP contribution in [0.5, 0.6) is 0 Å². The fourth-order valence-electron chi connectivity index (χ4n) is 1.39. The van der Waals surface area contributed by atoms with Crippen molar-refractivity contribution in [2.75, 3.05) is 5.75 Å². The van der Waals surface area contributed by atoms with E-state index >= 15 is 0 Å². The Bertz CT molecular complexity index is 399. The molecule has 0 aliphatic heterocycles. The minimum Gasteiger partial charge on any atom is -0.314 e. The predicted octanol–water partition coefficient (Wildman–Crippen LogP) is 3.59. The average molecular weight is 269 g/mol.